The van der Waals surface area contributed by atoms with Crippen LogP contribution in [0.15, 0.2) is 24.3 Å². The number of nitrogens with zero attached hydrogens (tertiary/aromatic N) is 2. The Kier molecular flexibility index (Phi) is 3.29. The summed E-state index contributed by atoms with van der Waals surface area (Å²) in [6, 6.07) is 7.64. The van der Waals surface area contributed by atoms with E-state index >= 15 is 0 Å². The maximum absolute atomic E-state index is 5.94. The zero-order valence-corrected chi connectivity index (χ0v) is 10.8. The van der Waals surface area contributed by atoms with Crippen molar-refractivity contribution in [2.45, 2.75) is 13.8 Å². The standard InChI is InChI=1S/C13H14ClN3/c1-8-6-10(14)4-5-11(8)13-16-9(2)7-12(15-3)17-13/h4-7H,1-3H3,(H,15,16,17). The highest BCUT2D eigenvalue weighted by atomic mass is 35.5. The number of rotatable bonds is 2. The maximum atomic E-state index is 5.94. The van der Waals surface area contributed by atoms with Crippen molar-refractivity contribution in [2.24, 2.45) is 0 Å². The van der Waals surface area contributed by atoms with Gasteiger partial charge in [-0.3, -0.25) is 0 Å². The molecular weight excluding hydrogens is 234 g/mol. The molecule has 1 aromatic heterocycles. The van der Waals surface area contributed by atoms with Gasteiger partial charge >= 0.3 is 0 Å². The Bertz CT molecular complexity index is 552. The summed E-state index contributed by atoms with van der Waals surface area (Å²) in [5.74, 6) is 1.55. The zero-order chi connectivity index (χ0) is 12.4. The normalized spacial score (nSPS) is 10.4. The lowest BCUT2D eigenvalue weighted by molar-refractivity contribution is 1.10. The van der Waals surface area contributed by atoms with Crippen molar-refractivity contribution in [1.82, 2.24) is 9.97 Å². The van der Waals surface area contributed by atoms with Crippen LogP contribution in [0.1, 0.15) is 11.3 Å². The Hall–Kier alpha value is -1.61. The van der Waals surface area contributed by atoms with Crippen LogP contribution in [0.5, 0.6) is 0 Å². The minimum atomic E-state index is 0.725. The molecule has 1 N–H and O–H groups in total. The molecule has 0 spiro atoms. The Morgan fingerprint density at radius 2 is 1.88 bits per heavy atom. The van der Waals surface area contributed by atoms with Gasteiger partial charge in [0.25, 0.3) is 0 Å². The van der Waals surface area contributed by atoms with Crippen molar-refractivity contribution in [3.05, 3.63) is 40.5 Å². The predicted octanol–water partition coefficient (Wildman–Crippen LogP) is 3.46. The fourth-order valence-electron chi connectivity index (χ4n) is 1.70. The summed E-state index contributed by atoms with van der Waals surface area (Å²) in [4.78, 5) is 8.90. The first-order valence-electron chi connectivity index (χ1n) is 5.40. The van der Waals surface area contributed by atoms with E-state index in [9.17, 15) is 0 Å². The van der Waals surface area contributed by atoms with Gasteiger partial charge in [0.05, 0.1) is 0 Å². The molecule has 0 atom stereocenters. The molecule has 1 heterocycles. The number of benzene rings is 1. The van der Waals surface area contributed by atoms with Crippen LogP contribution < -0.4 is 5.32 Å². The summed E-state index contributed by atoms with van der Waals surface area (Å²) in [5.41, 5.74) is 3.02. The topological polar surface area (TPSA) is 37.8 Å². The molecular formula is C13H14ClN3. The van der Waals surface area contributed by atoms with E-state index < -0.39 is 0 Å². The third kappa shape index (κ3) is 2.56. The van der Waals surface area contributed by atoms with E-state index in [4.69, 9.17) is 11.6 Å². The van der Waals surface area contributed by atoms with Gasteiger partial charge in [-0.1, -0.05) is 11.6 Å². The molecule has 3 nitrogen and oxygen atoms in total. The Labute approximate surface area is 106 Å². The van der Waals surface area contributed by atoms with Crippen molar-refractivity contribution >= 4 is 17.4 Å². The molecule has 17 heavy (non-hydrogen) atoms. The lowest BCUT2D eigenvalue weighted by Crippen LogP contribution is -1.99. The van der Waals surface area contributed by atoms with E-state index in [1.54, 1.807) is 0 Å². The van der Waals surface area contributed by atoms with Crippen LogP contribution in [0.2, 0.25) is 5.02 Å². The van der Waals surface area contributed by atoms with Gasteiger partial charge in [0.1, 0.15) is 5.82 Å². The molecule has 0 aliphatic heterocycles. The summed E-state index contributed by atoms with van der Waals surface area (Å²) >= 11 is 5.94. The van der Waals surface area contributed by atoms with Gasteiger partial charge in [-0.15, -0.1) is 0 Å². The van der Waals surface area contributed by atoms with Gasteiger partial charge in [0.2, 0.25) is 0 Å². The molecule has 4 heteroatoms. The zero-order valence-electron chi connectivity index (χ0n) is 10.1. The average molecular weight is 248 g/mol. The van der Waals surface area contributed by atoms with Crippen LogP contribution in [-0.2, 0) is 0 Å². The fraction of sp³-hybridized carbons (Fsp3) is 0.231. The average Bonchev–Trinajstić information content (AvgIpc) is 2.28. The Morgan fingerprint density at radius 1 is 1.12 bits per heavy atom. The maximum Gasteiger partial charge on any atom is 0.162 e. The second-order valence-electron chi connectivity index (χ2n) is 3.93. The third-order valence-electron chi connectivity index (χ3n) is 2.54. The molecule has 88 valence electrons. The van der Waals surface area contributed by atoms with Crippen LogP contribution in [0.4, 0.5) is 5.82 Å². The molecule has 0 bridgehead atoms. The summed E-state index contributed by atoms with van der Waals surface area (Å²) in [5, 5.41) is 3.76. The van der Waals surface area contributed by atoms with Crippen molar-refractivity contribution in [3.63, 3.8) is 0 Å². The molecule has 0 fully saturated rings. The van der Waals surface area contributed by atoms with E-state index in [0.717, 1.165) is 33.5 Å². The quantitative estimate of drug-likeness (QED) is 0.883. The molecule has 0 amide bonds. The monoisotopic (exact) mass is 247 g/mol. The van der Waals surface area contributed by atoms with Gasteiger partial charge in [0.15, 0.2) is 5.82 Å². The molecule has 0 unspecified atom stereocenters. The number of halogens is 1. The van der Waals surface area contributed by atoms with E-state index in [-0.39, 0.29) is 0 Å². The van der Waals surface area contributed by atoms with E-state index in [0.29, 0.717) is 0 Å². The number of hydrogen-bond acceptors (Lipinski definition) is 3. The van der Waals surface area contributed by atoms with Crippen molar-refractivity contribution in [2.75, 3.05) is 12.4 Å². The lowest BCUT2D eigenvalue weighted by atomic mass is 10.1. The number of hydrogen-bond donors (Lipinski definition) is 1. The summed E-state index contributed by atoms with van der Waals surface area (Å²) < 4.78 is 0. The molecule has 0 saturated heterocycles. The minimum Gasteiger partial charge on any atom is -0.373 e. The summed E-state index contributed by atoms with van der Waals surface area (Å²) in [6.45, 7) is 3.96. The first-order valence-corrected chi connectivity index (χ1v) is 5.78. The number of anilines is 1. The lowest BCUT2D eigenvalue weighted by Gasteiger charge is -2.08. The summed E-state index contributed by atoms with van der Waals surface area (Å²) in [7, 11) is 1.85. The Morgan fingerprint density at radius 3 is 2.53 bits per heavy atom. The highest BCUT2D eigenvalue weighted by Crippen LogP contribution is 2.24. The first-order chi connectivity index (χ1) is 8.10. The van der Waals surface area contributed by atoms with Crippen LogP contribution in [0, 0.1) is 13.8 Å². The predicted molar refractivity (Wildman–Crippen MR) is 71.5 cm³/mol. The fourth-order valence-corrected chi connectivity index (χ4v) is 1.92. The third-order valence-corrected chi connectivity index (χ3v) is 2.77. The smallest absolute Gasteiger partial charge is 0.162 e. The molecule has 0 aliphatic rings. The molecule has 0 saturated carbocycles. The largest absolute Gasteiger partial charge is 0.373 e. The van der Waals surface area contributed by atoms with Gasteiger partial charge < -0.3 is 5.32 Å². The molecule has 0 radical (unpaired) electrons. The van der Waals surface area contributed by atoms with Gasteiger partial charge in [-0.05, 0) is 37.6 Å². The van der Waals surface area contributed by atoms with Crippen molar-refractivity contribution < 1.29 is 0 Å². The second kappa shape index (κ2) is 4.72. The Balaban J connectivity index is 2.55. The van der Waals surface area contributed by atoms with E-state index in [1.165, 1.54) is 0 Å². The van der Waals surface area contributed by atoms with E-state index in [1.807, 2.05) is 45.2 Å². The molecule has 2 rings (SSSR count). The summed E-state index contributed by atoms with van der Waals surface area (Å²) in [6.07, 6.45) is 0. The van der Waals surface area contributed by atoms with Crippen molar-refractivity contribution in [3.8, 4) is 11.4 Å². The minimum absolute atomic E-state index is 0.725. The SMILES string of the molecule is CNc1cc(C)nc(-c2ccc(Cl)cc2C)n1. The molecule has 0 aliphatic carbocycles. The highest BCUT2D eigenvalue weighted by Gasteiger charge is 2.07. The number of nitrogens with one attached hydrogen (secondary N) is 1. The first kappa shape index (κ1) is 11.9. The van der Waals surface area contributed by atoms with Gasteiger partial charge in [0, 0.05) is 29.4 Å². The van der Waals surface area contributed by atoms with Crippen LogP contribution in [0.3, 0.4) is 0 Å². The van der Waals surface area contributed by atoms with Gasteiger partial charge in [-0.25, -0.2) is 9.97 Å². The molecule has 2 aromatic rings. The second-order valence-corrected chi connectivity index (χ2v) is 4.36. The van der Waals surface area contributed by atoms with E-state index in [2.05, 4.69) is 15.3 Å². The van der Waals surface area contributed by atoms with Gasteiger partial charge in [-0.2, -0.15) is 0 Å². The number of aromatic nitrogens is 2. The number of aryl methyl sites for hydroxylation is 2. The molecule has 1 aromatic carbocycles. The van der Waals surface area contributed by atoms with Crippen molar-refractivity contribution in [1.29, 1.82) is 0 Å². The van der Waals surface area contributed by atoms with Crippen LogP contribution in [-0.4, -0.2) is 17.0 Å². The highest BCUT2D eigenvalue weighted by molar-refractivity contribution is 6.30. The van der Waals surface area contributed by atoms with Crippen LogP contribution in [0.25, 0.3) is 11.4 Å². The van der Waals surface area contributed by atoms with Crippen LogP contribution >= 0.6 is 11.6 Å².